The molecule has 7 nitrogen and oxygen atoms in total. The van der Waals surface area contributed by atoms with Gasteiger partial charge in [-0.15, -0.1) is 0 Å². The van der Waals surface area contributed by atoms with Crippen molar-refractivity contribution < 1.29 is 14.3 Å². The number of nitriles is 1. The van der Waals surface area contributed by atoms with Crippen LogP contribution in [0.5, 0.6) is 0 Å². The van der Waals surface area contributed by atoms with Gasteiger partial charge in [0, 0.05) is 25.1 Å². The molecular formula is C19H28N4O3. The predicted octanol–water partition coefficient (Wildman–Crippen LogP) is 2.35. The Balaban J connectivity index is 1.96. The molecule has 1 aliphatic carbocycles. The fourth-order valence-corrected chi connectivity index (χ4v) is 4.43. The third-order valence-electron chi connectivity index (χ3n) is 5.57. The van der Waals surface area contributed by atoms with Gasteiger partial charge in [-0.05, 0) is 31.2 Å². The monoisotopic (exact) mass is 360 g/mol. The Morgan fingerprint density at radius 3 is 2.92 bits per heavy atom. The molecule has 2 aliphatic rings. The van der Waals surface area contributed by atoms with E-state index in [1.54, 1.807) is 10.9 Å². The number of fused-ring (bicyclic) bond motifs is 1. The van der Waals surface area contributed by atoms with Gasteiger partial charge in [0.25, 0.3) is 0 Å². The van der Waals surface area contributed by atoms with Gasteiger partial charge in [0.2, 0.25) is 0 Å². The highest BCUT2D eigenvalue weighted by molar-refractivity contribution is 5.84. The third kappa shape index (κ3) is 3.41. The van der Waals surface area contributed by atoms with Crippen molar-refractivity contribution in [3.63, 3.8) is 0 Å². The van der Waals surface area contributed by atoms with E-state index in [1.807, 2.05) is 20.0 Å². The van der Waals surface area contributed by atoms with Gasteiger partial charge in [-0.2, -0.15) is 10.4 Å². The number of ketones is 1. The first-order chi connectivity index (χ1) is 12.3. The molecule has 0 radical (unpaired) electrons. The summed E-state index contributed by atoms with van der Waals surface area (Å²) >= 11 is 0. The summed E-state index contributed by atoms with van der Waals surface area (Å²) in [5.41, 5.74) is 6.90. The Bertz CT molecular complexity index is 708. The lowest BCUT2D eigenvalue weighted by atomic mass is 9.62. The molecule has 1 saturated carbocycles. The van der Waals surface area contributed by atoms with Gasteiger partial charge < -0.3 is 15.2 Å². The van der Waals surface area contributed by atoms with Crippen LogP contribution in [0.4, 0.5) is 0 Å². The van der Waals surface area contributed by atoms with Crippen molar-refractivity contribution in [2.75, 3.05) is 6.61 Å². The second-order valence-corrected chi connectivity index (χ2v) is 8.17. The van der Waals surface area contributed by atoms with Crippen LogP contribution >= 0.6 is 0 Å². The van der Waals surface area contributed by atoms with E-state index in [0.29, 0.717) is 13.0 Å². The van der Waals surface area contributed by atoms with Crippen molar-refractivity contribution in [2.45, 2.75) is 65.0 Å². The molecule has 1 aromatic heterocycles. The lowest BCUT2D eigenvalue weighted by molar-refractivity contribution is -0.163. The molecule has 2 N–H and O–H groups in total. The second-order valence-electron chi connectivity index (χ2n) is 8.17. The van der Waals surface area contributed by atoms with Gasteiger partial charge in [0.05, 0.1) is 30.2 Å². The van der Waals surface area contributed by atoms with E-state index in [0.717, 1.165) is 12.0 Å². The van der Waals surface area contributed by atoms with Gasteiger partial charge in [-0.1, -0.05) is 13.8 Å². The molecule has 0 spiro atoms. The Hall–Kier alpha value is -1.75. The molecule has 2 fully saturated rings. The molecule has 1 aliphatic heterocycles. The van der Waals surface area contributed by atoms with E-state index in [2.05, 4.69) is 25.0 Å². The number of aromatic nitrogens is 2. The number of hydrogen-bond donors (Lipinski definition) is 1. The smallest absolute Gasteiger partial charge is 0.147 e. The molecule has 1 saturated heterocycles. The van der Waals surface area contributed by atoms with E-state index in [9.17, 15) is 10.1 Å². The minimum atomic E-state index is -0.708. The Labute approximate surface area is 154 Å². The molecule has 26 heavy (non-hydrogen) atoms. The zero-order chi connectivity index (χ0) is 19.1. The molecule has 7 heteroatoms. The normalized spacial score (nSPS) is 34.8. The summed E-state index contributed by atoms with van der Waals surface area (Å²) in [6.07, 6.45) is 3.67. The molecule has 142 valence electrons. The summed E-state index contributed by atoms with van der Waals surface area (Å²) in [6.45, 7) is 8.57. The minimum Gasteiger partial charge on any atom is -0.358 e. The lowest BCUT2D eigenvalue weighted by Crippen LogP contribution is -2.56. The van der Waals surface area contributed by atoms with Gasteiger partial charge in [-0.3, -0.25) is 4.79 Å². The van der Waals surface area contributed by atoms with Crippen LogP contribution in [0.3, 0.4) is 0 Å². The Morgan fingerprint density at radius 2 is 2.27 bits per heavy atom. The summed E-state index contributed by atoms with van der Waals surface area (Å²) in [5.74, 6) is -1.09. The summed E-state index contributed by atoms with van der Waals surface area (Å²) < 4.78 is 13.2. The van der Waals surface area contributed by atoms with Crippen molar-refractivity contribution in [1.29, 1.82) is 5.26 Å². The van der Waals surface area contributed by atoms with Crippen molar-refractivity contribution in [2.24, 2.45) is 23.0 Å². The van der Waals surface area contributed by atoms with Crippen molar-refractivity contribution in [3.8, 4) is 6.07 Å². The van der Waals surface area contributed by atoms with Crippen LogP contribution in [0.15, 0.2) is 12.4 Å². The van der Waals surface area contributed by atoms with Gasteiger partial charge >= 0.3 is 0 Å². The highest BCUT2D eigenvalue weighted by Gasteiger charge is 2.53. The zero-order valence-corrected chi connectivity index (χ0v) is 15.9. The molecule has 0 amide bonds. The maximum absolute atomic E-state index is 13.0. The fourth-order valence-electron chi connectivity index (χ4n) is 4.43. The minimum absolute atomic E-state index is 0.115. The number of Topliss-reactive ketones (excluding diaryl/α,β-unsaturated/α-hetero) is 1. The van der Waals surface area contributed by atoms with Crippen LogP contribution < -0.4 is 5.73 Å². The van der Waals surface area contributed by atoms with Crippen molar-refractivity contribution in [3.05, 3.63) is 18.0 Å². The Morgan fingerprint density at radius 1 is 1.54 bits per heavy atom. The third-order valence-corrected chi connectivity index (χ3v) is 5.57. The predicted molar refractivity (Wildman–Crippen MR) is 94.8 cm³/mol. The highest BCUT2D eigenvalue weighted by Crippen LogP contribution is 2.49. The fraction of sp³-hybridized carbons (Fsp3) is 0.737. The average Bonchev–Trinajstić information content (AvgIpc) is 3.02. The number of ether oxygens (including phenoxy) is 2. The van der Waals surface area contributed by atoms with E-state index in [1.165, 1.54) is 0 Å². The van der Waals surface area contributed by atoms with Crippen LogP contribution in [-0.2, 0) is 14.3 Å². The highest BCUT2D eigenvalue weighted by atomic mass is 16.5. The van der Waals surface area contributed by atoms with Crippen LogP contribution in [0.2, 0.25) is 0 Å². The number of nitrogens with two attached hydrogens (primary N) is 1. The van der Waals surface area contributed by atoms with Gasteiger partial charge in [0.1, 0.15) is 18.2 Å². The van der Waals surface area contributed by atoms with Crippen molar-refractivity contribution in [1.82, 2.24) is 9.78 Å². The van der Waals surface area contributed by atoms with Crippen LogP contribution in [-0.4, -0.2) is 34.5 Å². The molecule has 1 aromatic rings. The number of carbonyl (C=O) groups is 1. The van der Waals surface area contributed by atoms with Crippen molar-refractivity contribution >= 4 is 5.78 Å². The first kappa shape index (κ1) is 19.0. The Kier molecular flexibility index (Phi) is 5.20. The number of nitrogens with zero attached hydrogens (tertiary/aromatic N) is 3. The van der Waals surface area contributed by atoms with E-state index >= 15 is 0 Å². The molecule has 2 heterocycles. The second kappa shape index (κ2) is 7.10. The van der Waals surface area contributed by atoms with Crippen LogP contribution in [0.25, 0.3) is 0 Å². The first-order valence-corrected chi connectivity index (χ1v) is 9.26. The molecular weight excluding hydrogens is 332 g/mol. The number of hydrogen-bond acceptors (Lipinski definition) is 6. The quantitative estimate of drug-likeness (QED) is 0.884. The maximum Gasteiger partial charge on any atom is 0.147 e. The topological polar surface area (TPSA) is 103 Å². The van der Waals surface area contributed by atoms with E-state index < -0.39 is 12.1 Å². The summed E-state index contributed by atoms with van der Waals surface area (Å²) in [7, 11) is 0. The SMILES string of the molecule is CCO[C@H](C)n1cc([C@@H]2[C@H](C#N)[C@H](N)O[C@@H]3CC(C)(C)CC(=O)[C@H]23)cn1. The van der Waals surface area contributed by atoms with Gasteiger partial charge in [-0.25, -0.2) is 4.68 Å². The summed E-state index contributed by atoms with van der Waals surface area (Å²) in [5, 5.41) is 14.1. The zero-order valence-electron chi connectivity index (χ0n) is 15.9. The van der Waals surface area contributed by atoms with Gasteiger partial charge in [0.15, 0.2) is 0 Å². The number of rotatable bonds is 4. The van der Waals surface area contributed by atoms with Crippen LogP contribution in [0, 0.1) is 28.6 Å². The summed E-state index contributed by atoms with van der Waals surface area (Å²) in [6, 6.07) is 2.27. The van der Waals surface area contributed by atoms with Crippen LogP contribution in [0.1, 0.15) is 58.2 Å². The largest absolute Gasteiger partial charge is 0.358 e. The lowest BCUT2D eigenvalue weighted by Gasteiger charge is -2.48. The summed E-state index contributed by atoms with van der Waals surface area (Å²) in [4.78, 5) is 13.0. The standard InChI is InChI=1S/C19H28N4O3/c1-5-25-11(2)23-10-12(9-22-23)16-13(8-20)18(21)26-15-7-19(3,4)6-14(24)17(15)16/h9-11,13,15-18H,5-7,21H2,1-4H3/t11-,13+,15-,16-,17+,18-/m1/s1. The maximum atomic E-state index is 13.0. The van der Waals surface area contributed by atoms with E-state index in [-0.39, 0.29) is 35.4 Å². The molecule has 0 bridgehead atoms. The molecule has 0 aromatic carbocycles. The molecule has 3 rings (SSSR count). The molecule has 6 atom stereocenters. The first-order valence-electron chi connectivity index (χ1n) is 9.26. The average molecular weight is 360 g/mol. The number of carbonyl (C=O) groups excluding carboxylic acids is 1. The van der Waals surface area contributed by atoms with E-state index in [4.69, 9.17) is 15.2 Å². The molecule has 0 unspecified atom stereocenters.